The summed E-state index contributed by atoms with van der Waals surface area (Å²) in [6.45, 7) is 2.17. The number of hydrogen-bond donors (Lipinski definition) is 0. The standard InChI is InChI=1S/C16H20ClFO/c1-2-11-5-3-6-12(9-11)15(19)10-13-7-4-8-14(17)16(13)18/h4,7-8,11-12H,2-3,5-6,9-10H2,1H3. The maximum absolute atomic E-state index is 13.8. The second-order valence-corrected chi connectivity index (χ2v) is 5.90. The van der Waals surface area contributed by atoms with Gasteiger partial charge in [0.2, 0.25) is 0 Å². The zero-order valence-corrected chi connectivity index (χ0v) is 12.0. The highest BCUT2D eigenvalue weighted by Gasteiger charge is 2.26. The fraction of sp³-hybridized carbons (Fsp3) is 0.562. The number of halogens is 2. The lowest BCUT2D eigenvalue weighted by Gasteiger charge is -2.27. The molecule has 0 aliphatic heterocycles. The van der Waals surface area contributed by atoms with Crippen LogP contribution in [-0.2, 0) is 11.2 Å². The van der Waals surface area contributed by atoms with Crippen LogP contribution in [0.5, 0.6) is 0 Å². The Morgan fingerprint density at radius 1 is 1.42 bits per heavy atom. The first kappa shape index (κ1) is 14.5. The Labute approximate surface area is 119 Å². The molecule has 0 aromatic heterocycles. The molecule has 2 rings (SSSR count). The molecule has 104 valence electrons. The number of carbonyl (C=O) groups excluding carboxylic acids is 1. The topological polar surface area (TPSA) is 17.1 Å². The number of rotatable bonds is 4. The first-order valence-corrected chi connectivity index (χ1v) is 7.45. The molecule has 2 atom stereocenters. The molecule has 1 nitrogen and oxygen atoms in total. The smallest absolute Gasteiger partial charge is 0.145 e. The van der Waals surface area contributed by atoms with Gasteiger partial charge < -0.3 is 0 Å². The summed E-state index contributed by atoms with van der Waals surface area (Å²) in [7, 11) is 0. The van der Waals surface area contributed by atoms with Crippen molar-refractivity contribution in [3.05, 3.63) is 34.6 Å². The van der Waals surface area contributed by atoms with Crippen molar-refractivity contribution in [2.24, 2.45) is 11.8 Å². The van der Waals surface area contributed by atoms with E-state index in [1.807, 2.05) is 0 Å². The molecular weight excluding hydrogens is 263 g/mol. The molecule has 3 heteroatoms. The van der Waals surface area contributed by atoms with E-state index in [1.165, 1.54) is 12.5 Å². The van der Waals surface area contributed by atoms with E-state index in [-0.39, 0.29) is 23.1 Å². The van der Waals surface area contributed by atoms with Crippen LogP contribution >= 0.6 is 11.6 Å². The van der Waals surface area contributed by atoms with Crippen LogP contribution in [0.3, 0.4) is 0 Å². The molecule has 0 N–H and O–H groups in total. The summed E-state index contributed by atoms with van der Waals surface area (Å²) in [5.74, 6) is 0.490. The number of carbonyl (C=O) groups is 1. The largest absolute Gasteiger partial charge is 0.299 e. The fourth-order valence-corrected chi connectivity index (χ4v) is 3.17. The van der Waals surface area contributed by atoms with E-state index in [0.29, 0.717) is 11.5 Å². The number of Topliss-reactive ketones (excluding diaryl/α,β-unsaturated/α-hetero) is 1. The van der Waals surface area contributed by atoms with Gasteiger partial charge in [-0.3, -0.25) is 4.79 Å². The Morgan fingerprint density at radius 3 is 2.95 bits per heavy atom. The van der Waals surface area contributed by atoms with E-state index in [9.17, 15) is 9.18 Å². The maximum Gasteiger partial charge on any atom is 0.145 e. The van der Waals surface area contributed by atoms with Crippen LogP contribution in [0.1, 0.15) is 44.6 Å². The van der Waals surface area contributed by atoms with Gasteiger partial charge in [0.05, 0.1) is 5.02 Å². The second kappa shape index (κ2) is 6.51. The summed E-state index contributed by atoms with van der Waals surface area (Å²) >= 11 is 5.74. The lowest BCUT2D eigenvalue weighted by atomic mass is 9.77. The Kier molecular flexibility index (Phi) is 4.98. The van der Waals surface area contributed by atoms with Crippen molar-refractivity contribution >= 4 is 17.4 Å². The van der Waals surface area contributed by atoms with Gasteiger partial charge in [0.25, 0.3) is 0 Å². The number of hydrogen-bond acceptors (Lipinski definition) is 1. The van der Waals surface area contributed by atoms with E-state index >= 15 is 0 Å². The van der Waals surface area contributed by atoms with Crippen molar-refractivity contribution in [2.45, 2.75) is 45.4 Å². The molecule has 19 heavy (non-hydrogen) atoms. The van der Waals surface area contributed by atoms with Crippen molar-refractivity contribution in [2.75, 3.05) is 0 Å². The van der Waals surface area contributed by atoms with Gasteiger partial charge in [-0.2, -0.15) is 0 Å². The lowest BCUT2D eigenvalue weighted by molar-refractivity contribution is -0.123. The van der Waals surface area contributed by atoms with Gasteiger partial charge in [-0.1, -0.05) is 49.9 Å². The molecule has 0 saturated heterocycles. The lowest BCUT2D eigenvalue weighted by Crippen LogP contribution is -2.24. The van der Waals surface area contributed by atoms with Crippen LogP contribution in [-0.4, -0.2) is 5.78 Å². The Balaban J connectivity index is 2.02. The van der Waals surface area contributed by atoms with Crippen molar-refractivity contribution in [1.29, 1.82) is 0 Å². The summed E-state index contributed by atoms with van der Waals surface area (Å²) in [4.78, 5) is 12.3. The molecule has 0 amide bonds. The van der Waals surface area contributed by atoms with Gasteiger partial charge in [-0.05, 0) is 30.4 Å². The minimum absolute atomic E-state index is 0.0976. The molecule has 1 saturated carbocycles. The SMILES string of the molecule is CCC1CCCC(C(=O)Cc2cccc(Cl)c2F)C1. The average Bonchev–Trinajstić information content (AvgIpc) is 2.44. The molecule has 1 aliphatic rings. The molecule has 0 bridgehead atoms. The molecule has 0 radical (unpaired) electrons. The van der Waals surface area contributed by atoms with E-state index in [2.05, 4.69) is 6.92 Å². The van der Waals surface area contributed by atoms with Crippen molar-refractivity contribution in [1.82, 2.24) is 0 Å². The summed E-state index contributed by atoms with van der Waals surface area (Å²) in [5, 5.41) is 0.0976. The summed E-state index contributed by atoms with van der Waals surface area (Å²) in [5.41, 5.74) is 0.427. The first-order chi connectivity index (χ1) is 9.11. The zero-order chi connectivity index (χ0) is 13.8. The Morgan fingerprint density at radius 2 is 2.21 bits per heavy atom. The summed E-state index contributed by atoms with van der Waals surface area (Å²) in [6, 6.07) is 4.86. The minimum Gasteiger partial charge on any atom is -0.299 e. The number of benzene rings is 1. The van der Waals surface area contributed by atoms with Crippen molar-refractivity contribution in [3.63, 3.8) is 0 Å². The highest BCUT2D eigenvalue weighted by atomic mass is 35.5. The van der Waals surface area contributed by atoms with Crippen LogP contribution in [0.15, 0.2) is 18.2 Å². The Bertz CT molecular complexity index is 458. The average molecular weight is 283 g/mol. The van der Waals surface area contributed by atoms with Crippen LogP contribution in [0.25, 0.3) is 0 Å². The fourth-order valence-electron chi connectivity index (χ4n) is 2.97. The zero-order valence-electron chi connectivity index (χ0n) is 11.3. The van der Waals surface area contributed by atoms with Gasteiger partial charge in [0.1, 0.15) is 11.6 Å². The highest BCUT2D eigenvalue weighted by molar-refractivity contribution is 6.30. The third-order valence-electron chi connectivity index (χ3n) is 4.21. The predicted octanol–water partition coefficient (Wildman–Crippen LogP) is 4.81. The van der Waals surface area contributed by atoms with E-state index in [0.717, 1.165) is 25.7 Å². The van der Waals surface area contributed by atoms with E-state index < -0.39 is 5.82 Å². The van der Waals surface area contributed by atoms with Gasteiger partial charge in [-0.15, -0.1) is 0 Å². The third-order valence-corrected chi connectivity index (χ3v) is 4.50. The van der Waals surface area contributed by atoms with Crippen LogP contribution in [0, 0.1) is 17.7 Å². The molecule has 0 heterocycles. The van der Waals surface area contributed by atoms with Crippen LogP contribution < -0.4 is 0 Å². The van der Waals surface area contributed by atoms with Crippen LogP contribution in [0.4, 0.5) is 4.39 Å². The molecule has 1 aliphatic carbocycles. The van der Waals surface area contributed by atoms with E-state index in [4.69, 9.17) is 11.6 Å². The van der Waals surface area contributed by atoms with Gasteiger partial charge in [0.15, 0.2) is 0 Å². The molecule has 2 unspecified atom stereocenters. The van der Waals surface area contributed by atoms with Crippen LogP contribution in [0.2, 0.25) is 5.02 Å². The van der Waals surface area contributed by atoms with Crippen molar-refractivity contribution in [3.8, 4) is 0 Å². The van der Waals surface area contributed by atoms with Gasteiger partial charge >= 0.3 is 0 Å². The first-order valence-electron chi connectivity index (χ1n) is 7.07. The predicted molar refractivity (Wildman–Crippen MR) is 75.9 cm³/mol. The summed E-state index contributed by atoms with van der Waals surface area (Å²) < 4.78 is 13.8. The maximum atomic E-state index is 13.8. The molecule has 1 fully saturated rings. The minimum atomic E-state index is -0.444. The highest BCUT2D eigenvalue weighted by Crippen LogP contribution is 2.32. The van der Waals surface area contributed by atoms with Gasteiger partial charge in [-0.25, -0.2) is 4.39 Å². The molecule has 0 spiro atoms. The summed E-state index contributed by atoms with van der Waals surface area (Å²) in [6.07, 6.45) is 5.58. The van der Waals surface area contributed by atoms with Gasteiger partial charge in [0, 0.05) is 12.3 Å². The van der Waals surface area contributed by atoms with Crippen molar-refractivity contribution < 1.29 is 9.18 Å². The molecule has 1 aromatic carbocycles. The third kappa shape index (κ3) is 3.56. The normalized spacial score (nSPS) is 23.3. The van der Waals surface area contributed by atoms with E-state index in [1.54, 1.807) is 12.1 Å². The Hall–Kier alpha value is -0.890. The second-order valence-electron chi connectivity index (χ2n) is 5.49. The molecule has 1 aromatic rings. The number of ketones is 1. The molecular formula is C16H20ClFO. The monoisotopic (exact) mass is 282 g/mol. The quantitative estimate of drug-likeness (QED) is 0.775.